The molecule has 0 aliphatic heterocycles. The van der Waals surface area contributed by atoms with Gasteiger partial charge in [0.05, 0.1) is 5.56 Å². The number of halogens is 1. The second-order valence-corrected chi connectivity index (χ2v) is 13.0. The molecule has 0 saturated carbocycles. The van der Waals surface area contributed by atoms with Gasteiger partial charge in [-0.05, 0) is 68.0 Å². The molecule has 0 aromatic heterocycles. The van der Waals surface area contributed by atoms with Crippen molar-refractivity contribution in [3.63, 3.8) is 0 Å². The normalized spacial score (nSPS) is 11.6. The van der Waals surface area contributed by atoms with E-state index in [9.17, 15) is 4.79 Å². The van der Waals surface area contributed by atoms with Crippen LogP contribution >= 0.6 is 22.6 Å². The molecular weight excluding hydrogens is 391 g/mol. The largest absolute Gasteiger partial charge is 0.456 e. The molecule has 1 rings (SSSR count). The van der Waals surface area contributed by atoms with E-state index in [0.29, 0.717) is 5.56 Å². The van der Waals surface area contributed by atoms with E-state index < -0.39 is 13.7 Å². The number of benzene rings is 1. The van der Waals surface area contributed by atoms with E-state index >= 15 is 0 Å². The van der Waals surface area contributed by atoms with Crippen LogP contribution in [0.15, 0.2) is 12.1 Å². The van der Waals surface area contributed by atoms with E-state index in [2.05, 4.69) is 53.7 Å². The van der Waals surface area contributed by atoms with Crippen LogP contribution in [0, 0.1) is 22.0 Å². The second kappa shape index (κ2) is 6.53. The van der Waals surface area contributed by atoms with Gasteiger partial charge in [0.15, 0.2) is 0 Å². The predicted molar refractivity (Wildman–Crippen MR) is 99.3 cm³/mol. The average Bonchev–Trinajstić information content (AvgIpc) is 2.27. The molecule has 21 heavy (non-hydrogen) atoms. The molecule has 0 amide bonds. The minimum absolute atomic E-state index is 0.283. The van der Waals surface area contributed by atoms with Crippen LogP contribution in [-0.2, 0) is 4.74 Å². The average molecular weight is 414 g/mol. The van der Waals surface area contributed by atoms with Gasteiger partial charge in [-0.1, -0.05) is 25.6 Å². The fourth-order valence-corrected chi connectivity index (χ4v) is 2.70. The minimum Gasteiger partial charge on any atom is -0.456 e. The lowest BCUT2D eigenvalue weighted by Gasteiger charge is -2.20. The number of hydrogen-bond donors (Lipinski definition) is 0. The zero-order chi connectivity index (χ0) is 16.4. The van der Waals surface area contributed by atoms with Gasteiger partial charge in [-0.2, -0.15) is 0 Å². The van der Waals surface area contributed by atoms with Crippen LogP contribution in [0.4, 0.5) is 0 Å². The first-order valence-electron chi connectivity index (χ1n) is 6.96. The van der Waals surface area contributed by atoms with E-state index in [1.54, 1.807) is 0 Å². The highest BCUT2D eigenvalue weighted by molar-refractivity contribution is 14.1. The third-order valence-electron chi connectivity index (χ3n) is 2.54. The third kappa shape index (κ3) is 6.23. The predicted octanol–water partition coefficient (Wildman–Crippen LogP) is 4.78. The van der Waals surface area contributed by atoms with Crippen molar-refractivity contribution in [3.05, 3.63) is 32.4 Å². The van der Waals surface area contributed by atoms with Gasteiger partial charge in [-0.15, -0.1) is 5.54 Å². The van der Waals surface area contributed by atoms with Crippen molar-refractivity contribution < 1.29 is 9.53 Å². The molecule has 4 heteroatoms. The van der Waals surface area contributed by atoms with Crippen LogP contribution in [-0.4, -0.2) is 19.6 Å². The highest BCUT2D eigenvalue weighted by Gasteiger charge is 2.20. The van der Waals surface area contributed by atoms with Crippen molar-refractivity contribution in [2.45, 2.75) is 52.9 Å². The maximum absolute atomic E-state index is 12.3. The summed E-state index contributed by atoms with van der Waals surface area (Å²) in [5.41, 5.74) is 5.28. The highest BCUT2D eigenvalue weighted by atomic mass is 127. The summed E-state index contributed by atoms with van der Waals surface area (Å²) in [6.45, 7) is 14.2. The second-order valence-electron chi connectivity index (χ2n) is 7.13. The lowest BCUT2D eigenvalue weighted by atomic mass is 10.0. The van der Waals surface area contributed by atoms with E-state index in [0.717, 1.165) is 14.7 Å². The number of ether oxygens (including phenoxy) is 1. The Morgan fingerprint density at radius 1 is 1.24 bits per heavy atom. The van der Waals surface area contributed by atoms with Crippen LogP contribution in [0.25, 0.3) is 0 Å². The fraction of sp³-hybridized carbons (Fsp3) is 0.471. The van der Waals surface area contributed by atoms with Crippen molar-refractivity contribution in [1.82, 2.24) is 0 Å². The van der Waals surface area contributed by atoms with Crippen LogP contribution in [0.1, 0.15) is 42.3 Å². The molecule has 1 aromatic rings. The summed E-state index contributed by atoms with van der Waals surface area (Å²) >= 11 is 2.24. The zero-order valence-electron chi connectivity index (χ0n) is 13.8. The molecule has 0 aliphatic carbocycles. The first-order chi connectivity index (χ1) is 9.39. The lowest BCUT2D eigenvalue weighted by molar-refractivity contribution is 0.00686. The maximum Gasteiger partial charge on any atom is 0.338 e. The molecule has 0 aliphatic rings. The molecule has 0 atom stereocenters. The summed E-state index contributed by atoms with van der Waals surface area (Å²) in [5.74, 6) is 2.93. The Kier molecular flexibility index (Phi) is 5.67. The Labute approximate surface area is 142 Å². The van der Waals surface area contributed by atoms with E-state index in [1.165, 1.54) is 0 Å². The van der Waals surface area contributed by atoms with E-state index in [4.69, 9.17) is 4.74 Å². The molecule has 0 fully saturated rings. The quantitative estimate of drug-likeness (QED) is 0.286. The number of rotatable bonds is 1. The molecule has 0 heterocycles. The topological polar surface area (TPSA) is 26.3 Å². The summed E-state index contributed by atoms with van der Waals surface area (Å²) in [7, 11) is -1.43. The monoisotopic (exact) mass is 414 g/mol. The Bertz CT molecular complexity index is 611. The van der Waals surface area contributed by atoms with Gasteiger partial charge in [0.25, 0.3) is 0 Å². The number of hydrogen-bond acceptors (Lipinski definition) is 2. The van der Waals surface area contributed by atoms with Gasteiger partial charge in [0.2, 0.25) is 0 Å². The molecule has 1 aromatic carbocycles. The van der Waals surface area contributed by atoms with Crippen molar-refractivity contribution in [2.75, 3.05) is 0 Å². The smallest absolute Gasteiger partial charge is 0.338 e. The van der Waals surface area contributed by atoms with Gasteiger partial charge in [-0.25, -0.2) is 4.79 Å². The number of carbonyl (C=O) groups is 1. The summed E-state index contributed by atoms with van der Waals surface area (Å²) in [4.78, 5) is 12.3. The molecule has 0 bridgehead atoms. The van der Waals surface area contributed by atoms with Gasteiger partial charge in [0.1, 0.15) is 13.7 Å². The summed E-state index contributed by atoms with van der Waals surface area (Å²) in [6, 6.07) is 3.87. The molecule has 0 N–H and O–H groups in total. The first-order valence-corrected chi connectivity index (χ1v) is 11.5. The summed E-state index contributed by atoms with van der Waals surface area (Å²) in [5, 5.41) is 0. The van der Waals surface area contributed by atoms with Gasteiger partial charge in [0, 0.05) is 9.13 Å². The molecular formula is C17H23IO2Si. The maximum atomic E-state index is 12.3. The Morgan fingerprint density at radius 2 is 1.81 bits per heavy atom. The Balaban J connectivity index is 3.24. The SMILES string of the molecule is Cc1c(I)cc(C#C[Si](C)(C)C)cc1C(=O)OC(C)(C)C. The minimum atomic E-state index is -1.43. The number of esters is 1. The standard InChI is InChI=1S/C17H23IO2Si/c1-12-14(16(19)20-17(2,3)4)10-13(11-15(12)18)8-9-21(5,6)7/h10-11H,1-7H3. The highest BCUT2D eigenvalue weighted by Crippen LogP contribution is 2.21. The zero-order valence-corrected chi connectivity index (χ0v) is 17.0. The van der Waals surface area contributed by atoms with Gasteiger partial charge >= 0.3 is 5.97 Å². The molecule has 114 valence electrons. The molecule has 0 spiro atoms. The molecule has 0 saturated heterocycles. The van der Waals surface area contributed by atoms with Crippen LogP contribution in [0.3, 0.4) is 0 Å². The fourth-order valence-electron chi connectivity index (χ4n) is 1.56. The van der Waals surface area contributed by atoms with E-state index in [1.807, 2.05) is 39.8 Å². The molecule has 0 unspecified atom stereocenters. The molecule has 2 nitrogen and oxygen atoms in total. The van der Waals surface area contributed by atoms with Gasteiger partial charge in [-0.3, -0.25) is 0 Å². The van der Waals surface area contributed by atoms with Crippen molar-refractivity contribution in [1.29, 1.82) is 0 Å². The Hall–Kier alpha value is -0.803. The van der Waals surface area contributed by atoms with E-state index in [-0.39, 0.29) is 5.97 Å². The summed E-state index contributed by atoms with van der Waals surface area (Å²) in [6.07, 6.45) is 0. The molecule has 0 radical (unpaired) electrons. The number of carbonyl (C=O) groups excluding carboxylic acids is 1. The van der Waals surface area contributed by atoms with Crippen molar-refractivity contribution >= 4 is 36.6 Å². The Morgan fingerprint density at radius 3 is 2.29 bits per heavy atom. The van der Waals surface area contributed by atoms with Crippen LogP contribution in [0.5, 0.6) is 0 Å². The van der Waals surface area contributed by atoms with Crippen molar-refractivity contribution in [3.8, 4) is 11.5 Å². The lowest BCUT2D eigenvalue weighted by Crippen LogP contribution is -2.24. The van der Waals surface area contributed by atoms with Crippen molar-refractivity contribution in [2.24, 2.45) is 0 Å². The van der Waals surface area contributed by atoms with Crippen LogP contribution < -0.4 is 0 Å². The first kappa shape index (κ1) is 18.2. The van der Waals surface area contributed by atoms with Gasteiger partial charge < -0.3 is 4.74 Å². The summed E-state index contributed by atoms with van der Waals surface area (Å²) < 4.78 is 6.52. The van der Waals surface area contributed by atoms with Crippen LogP contribution in [0.2, 0.25) is 19.6 Å². The third-order valence-corrected chi connectivity index (χ3v) is 4.54.